The molecule has 2 aromatic rings. The van der Waals surface area contributed by atoms with E-state index in [2.05, 4.69) is 24.4 Å². The van der Waals surface area contributed by atoms with Gasteiger partial charge < -0.3 is 20.3 Å². The molecule has 0 aliphatic heterocycles. The highest BCUT2D eigenvalue weighted by molar-refractivity contribution is 6.30. The lowest BCUT2D eigenvalue weighted by atomic mass is 10.0. The highest BCUT2D eigenvalue weighted by Gasteiger charge is 2.11. The highest BCUT2D eigenvalue weighted by Crippen LogP contribution is 2.32. The Morgan fingerprint density at radius 2 is 1.83 bits per heavy atom. The molecule has 0 unspecified atom stereocenters. The van der Waals surface area contributed by atoms with Crippen LogP contribution in [-0.4, -0.2) is 29.2 Å². The molecule has 0 aliphatic carbocycles. The van der Waals surface area contributed by atoms with Crippen LogP contribution in [0, 0.1) is 11.3 Å². The molecule has 0 radical (unpaired) electrons. The van der Waals surface area contributed by atoms with Gasteiger partial charge in [0.15, 0.2) is 0 Å². The number of carboxylic acid groups (broad SMARTS) is 2. The quantitative estimate of drug-likeness (QED) is 0.583. The number of ether oxygens (including phenoxy) is 1. The van der Waals surface area contributed by atoms with Crippen LogP contribution in [0.5, 0.6) is 11.5 Å². The topological polar surface area (TPSA) is 120 Å². The fourth-order valence-electron chi connectivity index (χ4n) is 2.40. The van der Waals surface area contributed by atoms with Gasteiger partial charge in [-0.2, -0.15) is 5.26 Å². The number of hydrogen-bond donors (Lipinski definition) is 3. The summed E-state index contributed by atoms with van der Waals surface area (Å²) in [4.78, 5) is 19.1. The van der Waals surface area contributed by atoms with Gasteiger partial charge in [0, 0.05) is 29.8 Å². The van der Waals surface area contributed by atoms with Gasteiger partial charge in [0.1, 0.15) is 17.6 Å². The molecule has 0 saturated heterocycles. The van der Waals surface area contributed by atoms with Crippen molar-refractivity contribution in [1.29, 1.82) is 5.26 Å². The van der Waals surface area contributed by atoms with Crippen molar-refractivity contribution in [3.63, 3.8) is 0 Å². The van der Waals surface area contributed by atoms with E-state index in [-0.39, 0.29) is 0 Å². The van der Waals surface area contributed by atoms with Crippen LogP contribution >= 0.6 is 11.6 Å². The number of benzene rings is 2. The molecule has 0 spiro atoms. The molecule has 0 atom stereocenters. The Morgan fingerprint density at radius 1 is 1.17 bits per heavy atom. The summed E-state index contributed by atoms with van der Waals surface area (Å²) in [7, 11) is 1.91. The zero-order valence-corrected chi connectivity index (χ0v) is 16.7. The van der Waals surface area contributed by atoms with E-state index in [1.165, 1.54) is 5.56 Å². The van der Waals surface area contributed by atoms with Crippen LogP contribution in [0.4, 0.5) is 0 Å². The maximum absolute atomic E-state index is 9.55. The molecule has 0 bridgehead atoms. The molecule has 29 heavy (non-hydrogen) atoms. The maximum atomic E-state index is 9.55. The minimum Gasteiger partial charge on any atom is -0.478 e. The second-order valence-electron chi connectivity index (χ2n) is 5.64. The zero-order valence-electron chi connectivity index (χ0n) is 16.0. The van der Waals surface area contributed by atoms with Crippen LogP contribution < -0.4 is 10.1 Å². The van der Waals surface area contributed by atoms with Gasteiger partial charge in [-0.15, -0.1) is 0 Å². The first-order valence-corrected chi connectivity index (χ1v) is 8.96. The first kappa shape index (κ1) is 23.7. The summed E-state index contributed by atoms with van der Waals surface area (Å²) in [6.07, 6.45) is 1.97. The fourth-order valence-corrected chi connectivity index (χ4v) is 2.56. The predicted octanol–water partition coefficient (Wildman–Crippen LogP) is 4.00. The van der Waals surface area contributed by atoms with Crippen LogP contribution in [-0.2, 0) is 22.6 Å². The third kappa shape index (κ3) is 8.05. The molecule has 0 aromatic heterocycles. The van der Waals surface area contributed by atoms with Crippen LogP contribution in [0.15, 0.2) is 48.6 Å². The summed E-state index contributed by atoms with van der Waals surface area (Å²) in [5.41, 5.74) is 2.80. The van der Waals surface area contributed by atoms with Gasteiger partial charge in [-0.05, 0) is 42.8 Å². The van der Waals surface area contributed by atoms with Crippen LogP contribution in [0.25, 0.3) is 0 Å². The minimum atomic E-state index is -1.26. The van der Waals surface area contributed by atoms with Gasteiger partial charge in [0.05, 0.1) is 5.56 Å². The molecular weight excluding hydrogens is 396 g/mol. The van der Waals surface area contributed by atoms with Crippen LogP contribution in [0.3, 0.4) is 0 Å². The SMILES string of the molecule is CCc1c(CNC)cccc1Oc1cc(Cl)ccc1C#N.O=C(O)C=CC(=O)O. The summed E-state index contributed by atoms with van der Waals surface area (Å²) in [6, 6.07) is 13.1. The van der Waals surface area contributed by atoms with Crippen molar-refractivity contribution in [2.45, 2.75) is 19.9 Å². The van der Waals surface area contributed by atoms with Crippen LogP contribution in [0.1, 0.15) is 23.6 Å². The molecule has 0 amide bonds. The number of aliphatic carboxylic acids is 2. The largest absolute Gasteiger partial charge is 0.478 e. The number of nitrogens with zero attached hydrogens (tertiary/aromatic N) is 1. The number of halogens is 1. The Kier molecular flexibility index (Phi) is 9.96. The molecule has 152 valence electrons. The van der Waals surface area contributed by atoms with Gasteiger partial charge in [0.2, 0.25) is 0 Å². The van der Waals surface area contributed by atoms with E-state index in [1.807, 2.05) is 19.2 Å². The Balaban J connectivity index is 0.000000447. The summed E-state index contributed by atoms with van der Waals surface area (Å²) in [6.45, 7) is 2.87. The number of carbonyl (C=O) groups is 2. The molecule has 0 saturated carbocycles. The van der Waals surface area contributed by atoms with Crippen molar-refractivity contribution in [3.8, 4) is 17.6 Å². The zero-order chi connectivity index (χ0) is 21.8. The summed E-state index contributed by atoms with van der Waals surface area (Å²) in [5.74, 6) is -1.26. The van der Waals surface area contributed by atoms with E-state index in [9.17, 15) is 9.59 Å². The van der Waals surface area contributed by atoms with Gasteiger partial charge in [-0.3, -0.25) is 0 Å². The fraction of sp³-hybridized carbons (Fsp3) is 0.190. The molecule has 7 nitrogen and oxygen atoms in total. The van der Waals surface area contributed by atoms with Crippen LogP contribution in [0.2, 0.25) is 5.02 Å². The van der Waals surface area contributed by atoms with Gasteiger partial charge in [-0.25, -0.2) is 9.59 Å². The van der Waals surface area contributed by atoms with E-state index in [0.29, 0.717) is 28.5 Å². The van der Waals surface area contributed by atoms with Gasteiger partial charge in [0.25, 0.3) is 0 Å². The third-order valence-corrected chi connectivity index (χ3v) is 3.84. The molecule has 8 heteroatoms. The van der Waals surface area contributed by atoms with Crippen molar-refractivity contribution in [3.05, 3.63) is 70.3 Å². The Labute approximate surface area is 173 Å². The first-order valence-electron chi connectivity index (χ1n) is 8.59. The lowest BCUT2D eigenvalue weighted by Crippen LogP contribution is -2.08. The van der Waals surface area contributed by atoms with E-state index in [1.54, 1.807) is 18.2 Å². The average Bonchev–Trinajstić information content (AvgIpc) is 2.68. The van der Waals surface area contributed by atoms with Crippen molar-refractivity contribution in [2.75, 3.05) is 7.05 Å². The normalized spacial score (nSPS) is 10.0. The second-order valence-corrected chi connectivity index (χ2v) is 6.08. The molecule has 2 rings (SSSR count). The van der Waals surface area contributed by atoms with Crippen molar-refractivity contribution < 1.29 is 24.5 Å². The second kappa shape index (κ2) is 12.2. The molecular formula is C21H21ClN2O5. The van der Waals surface area contributed by atoms with E-state index in [0.717, 1.165) is 24.3 Å². The van der Waals surface area contributed by atoms with Gasteiger partial charge in [-0.1, -0.05) is 30.7 Å². The standard InChI is InChI=1S/C17H17ClN2O.C4H4O4/c1-3-15-13(11-20-2)5-4-6-16(15)21-17-9-14(18)8-7-12(17)10-19;5-3(6)1-2-4(7)8/h4-9,20H,3,11H2,1-2H3;1-2H,(H,5,6)(H,7,8). The average molecular weight is 417 g/mol. The lowest BCUT2D eigenvalue weighted by molar-refractivity contribution is -0.134. The number of rotatable bonds is 7. The molecule has 0 fully saturated rings. The summed E-state index contributed by atoms with van der Waals surface area (Å²) >= 11 is 6.00. The Morgan fingerprint density at radius 3 is 2.34 bits per heavy atom. The number of nitrogens with one attached hydrogen (secondary N) is 1. The highest BCUT2D eigenvalue weighted by atomic mass is 35.5. The Bertz CT molecular complexity index is 919. The number of hydrogen-bond acceptors (Lipinski definition) is 5. The van der Waals surface area contributed by atoms with E-state index in [4.69, 9.17) is 31.8 Å². The monoisotopic (exact) mass is 416 g/mol. The summed E-state index contributed by atoms with van der Waals surface area (Å²) < 4.78 is 5.96. The van der Waals surface area contributed by atoms with Crippen molar-refractivity contribution >= 4 is 23.5 Å². The maximum Gasteiger partial charge on any atom is 0.328 e. The van der Waals surface area contributed by atoms with E-state index < -0.39 is 11.9 Å². The minimum absolute atomic E-state index is 0.473. The van der Waals surface area contributed by atoms with Crippen molar-refractivity contribution in [1.82, 2.24) is 5.32 Å². The predicted molar refractivity (Wildman–Crippen MR) is 109 cm³/mol. The number of nitriles is 1. The van der Waals surface area contributed by atoms with Gasteiger partial charge >= 0.3 is 11.9 Å². The van der Waals surface area contributed by atoms with Crippen molar-refractivity contribution in [2.24, 2.45) is 0 Å². The lowest BCUT2D eigenvalue weighted by Gasteiger charge is -2.15. The summed E-state index contributed by atoms with van der Waals surface area (Å²) in [5, 5.41) is 28.5. The first-order chi connectivity index (χ1) is 13.8. The smallest absolute Gasteiger partial charge is 0.328 e. The van der Waals surface area contributed by atoms with E-state index >= 15 is 0 Å². The molecule has 0 aliphatic rings. The Hall–Kier alpha value is -3.34. The third-order valence-electron chi connectivity index (χ3n) is 3.60. The number of carboxylic acids is 2. The molecule has 3 N–H and O–H groups in total. The molecule has 2 aromatic carbocycles. The molecule has 0 heterocycles.